The third kappa shape index (κ3) is 8.26. The molecule has 204 valence electrons. The van der Waals surface area contributed by atoms with Gasteiger partial charge >= 0.3 is 0 Å². The van der Waals surface area contributed by atoms with Crippen LogP contribution in [0.5, 0.6) is 17.2 Å². The zero-order chi connectivity index (χ0) is 27.7. The lowest BCUT2D eigenvalue weighted by atomic mass is 9.87. The first-order valence-electron chi connectivity index (χ1n) is 12.7. The molecule has 0 unspecified atom stereocenters. The largest absolute Gasteiger partial charge is 0.490 e. The van der Waals surface area contributed by atoms with Crippen LogP contribution in [0.2, 0.25) is 0 Å². The van der Waals surface area contributed by atoms with Gasteiger partial charge in [-0.3, -0.25) is 5.43 Å². The first-order chi connectivity index (χ1) is 18.1. The van der Waals surface area contributed by atoms with Crippen LogP contribution in [0.1, 0.15) is 38.8 Å². The fourth-order valence-electron chi connectivity index (χ4n) is 3.44. The molecule has 0 aliphatic heterocycles. The number of aromatic nitrogens is 2. The molecule has 0 saturated carbocycles. The molecule has 2 aromatic carbocycles. The first-order valence-corrected chi connectivity index (χ1v) is 12.7. The third-order valence-electron chi connectivity index (χ3n) is 5.55. The van der Waals surface area contributed by atoms with E-state index in [1.807, 2.05) is 81.3 Å². The second-order valence-corrected chi connectivity index (χ2v) is 10.2. The van der Waals surface area contributed by atoms with Gasteiger partial charge in [0.05, 0.1) is 12.8 Å². The number of rotatable bonds is 12. The number of benzene rings is 2. The lowest BCUT2D eigenvalue weighted by molar-refractivity contribution is 0.208. The molecular formula is C29H40N6O3. The molecule has 9 nitrogen and oxygen atoms in total. The maximum absolute atomic E-state index is 5.95. The second kappa shape index (κ2) is 13.0. The van der Waals surface area contributed by atoms with E-state index in [0.717, 1.165) is 17.1 Å². The standard InChI is InChI=1S/C29H40N6O3/c1-9-36-25-18-21(20-30-33-26-19-27(34(5)6)32-28(31-26)35(7)8)10-15-24(25)38-17-16-37-23-13-11-22(12-14-23)29(2,3)4/h10-15,18-20H,9,16-17H2,1-8H3,(H,31,32,33)/b30-20-. The third-order valence-corrected chi connectivity index (χ3v) is 5.55. The maximum Gasteiger partial charge on any atom is 0.228 e. The van der Waals surface area contributed by atoms with Crippen molar-refractivity contribution in [3.63, 3.8) is 0 Å². The molecule has 1 aromatic heterocycles. The van der Waals surface area contributed by atoms with Crippen LogP contribution in [0.25, 0.3) is 0 Å². The van der Waals surface area contributed by atoms with Crippen LogP contribution in [0, 0.1) is 0 Å². The van der Waals surface area contributed by atoms with Crippen molar-refractivity contribution >= 4 is 23.8 Å². The molecule has 0 amide bonds. The fraction of sp³-hybridized carbons (Fsp3) is 0.414. The SMILES string of the molecule is CCOc1cc(/C=N\Nc2cc(N(C)C)nc(N(C)C)n2)ccc1OCCOc1ccc(C(C)(C)C)cc1. The molecular weight excluding hydrogens is 480 g/mol. The predicted octanol–water partition coefficient (Wildman–Crippen LogP) is 5.21. The molecule has 1 N–H and O–H groups in total. The van der Waals surface area contributed by atoms with E-state index in [1.165, 1.54) is 5.56 Å². The van der Waals surface area contributed by atoms with Crippen LogP contribution in [0.15, 0.2) is 53.6 Å². The number of anilines is 3. The molecule has 9 heteroatoms. The van der Waals surface area contributed by atoms with Gasteiger partial charge in [0, 0.05) is 34.3 Å². The molecule has 0 aliphatic carbocycles. The van der Waals surface area contributed by atoms with Crippen LogP contribution >= 0.6 is 0 Å². The molecule has 0 aliphatic rings. The molecule has 38 heavy (non-hydrogen) atoms. The zero-order valence-corrected chi connectivity index (χ0v) is 23.8. The van der Waals surface area contributed by atoms with Crippen molar-refractivity contribution in [3.8, 4) is 17.2 Å². The summed E-state index contributed by atoms with van der Waals surface area (Å²) in [7, 11) is 7.67. The summed E-state index contributed by atoms with van der Waals surface area (Å²) in [6.45, 7) is 9.87. The summed E-state index contributed by atoms with van der Waals surface area (Å²) >= 11 is 0. The summed E-state index contributed by atoms with van der Waals surface area (Å²) in [4.78, 5) is 12.8. The van der Waals surface area contributed by atoms with Crippen molar-refractivity contribution in [1.82, 2.24) is 9.97 Å². The lowest BCUT2D eigenvalue weighted by Gasteiger charge is -2.19. The first kappa shape index (κ1) is 28.6. The Morgan fingerprint density at radius 1 is 0.842 bits per heavy atom. The minimum Gasteiger partial charge on any atom is -0.490 e. The highest BCUT2D eigenvalue weighted by Gasteiger charge is 2.13. The molecule has 0 bridgehead atoms. The lowest BCUT2D eigenvalue weighted by Crippen LogP contribution is -2.17. The quantitative estimate of drug-likeness (QED) is 0.198. The van der Waals surface area contributed by atoms with E-state index < -0.39 is 0 Å². The topological polar surface area (TPSA) is 84.3 Å². The zero-order valence-electron chi connectivity index (χ0n) is 23.8. The van der Waals surface area contributed by atoms with E-state index >= 15 is 0 Å². The van der Waals surface area contributed by atoms with Crippen molar-refractivity contribution in [1.29, 1.82) is 0 Å². The normalized spacial score (nSPS) is 11.4. The van der Waals surface area contributed by atoms with Gasteiger partial charge in [-0.2, -0.15) is 15.1 Å². The van der Waals surface area contributed by atoms with Gasteiger partial charge < -0.3 is 24.0 Å². The second-order valence-electron chi connectivity index (χ2n) is 10.2. The average molecular weight is 521 g/mol. The van der Waals surface area contributed by atoms with Gasteiger partial charge in [-0.25, -0.2) is 0 Å². The molecule has 3 aromatic rings. The monoisotopic (exact) mass is 520 g/mol. The number of hydrogen-bond donors (Lipinski definition) is 1. The van der Waals surface area contributed by atoms with Gasteiger partial charge in [0.25, 0.3) is 0 Å². The van der Waals surface area contributed by atoms with Crippen molar-refractivity contribution in [2.75, 3.05) is 63.2 Å². The highest BCUT2D eigenvalue weighted by atomic mass is 16.5. The van der Waals surface area contributed by atoms with Crippen molar-refractivity contribution in [3.05, 3.63) is 59.7 Å². The van der Waals surface area contributed by atoms with E-state index in [4.69, 9.17) is 14.2 Å². The Morgan fingerprint density at radius 2 is 1.55 bits per heavy atom. The van der Waals surface area contributed by atoms with Crippen LogP contribution in [0.4, 0.5) is 17.6 Å². The Bertz CT molecular complexity index is 1180. The Balaban J connectivity index is 1.59. The van der Waals surface area contributed by atoms with Gasteiger partial charge in [-0.15, -0.1) is 0 Å². The summed E-state index contributed by atoms with van der Waals surface area (Å²) < 4.78 is 17.6. The van der Waals surface area contributed by atoms with Crippen molar-refractivity contribution < 1.29 is 14.2 Å². The predicted molar refractivity (Wildman–Crippen MR) is 156 cm³/mol. The Hall–Kier alpha value is -4.01. The Labute approximate surface area is 226 Å². The van der Waals surface area contributed by atoms with Gasteiger partial charge in [-0.1, -0.05) is 32.9 Å². The smallest absolute Gasteiger partial charge is 0.228 e. The van der Waals surface area contributed by atoms with E-state index in [2.05, 4.69) is 53.4 Å². The molecule has 0 saturated heterocycles. The summed E-state index contributed by atoms with van der Waals surface area (Å²) in [5, 5.41) is 4.36. The fourth-order valence-corrected chi connectivity index (χ4v) is 3.44. The van der Waals surface area contributed by atoms with E-state index in [9.17, 15) is 0 Å². The van der Waals surface area contributed by atoms with Gasteiger partial charge in [-0.05, 0) is 53.8 Å². The van der Waals surface area contributed by atoms with E-state index in [-0.39, 0.29) is 5.41 Å². The Kier molecular flexibility index (Phi) is 9.76. The van der Waals surface area contributed by atoms with Gasteiger partial charge in [0.15, 0.2) is 17.3 Å². The van der Waals surface area contributed by atoms with Crippen LogP contribution < -0.4 is 29.4 Å². The number of nitrogens with zero attached hydrogens (tertiary/aromatic N) is 5. The van der Waals surface area contributed by atoms with Crippen molar-refractivity contribution in [2.45, 2.75) is 33.1 Å². The molecule has 3 rings (SSSR count). The summed E-state index contributed by atoms with van der Waals surface area (Å²) in [6.07, 6.45) is 1.71. The number of nitrogens with one attached hydrogen (secondary N) is 1. The molecule has 1 heterocycles. The summed E-state index contributed by atoms with van der Waals surface area (Å²) in [6, 6.07) is 15.7. The molecule has 0 radical (unpaired) electrons. The van der Waals surface area contributed by atoms with Crippen LogP contribution in [-0.4, -0.2) is 64.2 Å². The van der Waals surface area contributed by atoms with E-state index in [1.54, 1.807) is 6.21 Å². The number of hydrazone groups is 1. The number of hydrogen-bond acceptors (Lipinski definition) is 9. The Morgan fingerprint density at radius 3 is 2.18 bits per heavy atom. The van der Waals surface area contributed by atoms with Gasteiger partial charge in [0.2, 0.25) is 5.95 Å². The molecule has 0 spiro atoms. The molecule has 0 atom stereocenters. The van der Waals surface area contributed by atoms with Crippen molar-refractivity contribution in [2.24, 2.45) is 5.10 Å². The number of ether oxygens (including phenoxy) is 3. The summed E-state index contributed by atoms with van der Waals surface area (Å²) in [5.41, 5.74) is 5.24. The minimum atomic E-state index is 0.116. The average Bonchev–Trinajstić information content (AvgIpc) is 2.87. The van der Waals surface area contributed by atoms with Crippen LogP contribution in [-0.2, 0) is 5.41 Å². The maximum atomic E-state index is 5.95. The molecule has 0 fully saturated rings. The van der Waals surface area contributed by atoms with Crippen LogP contribution in [0.3, 0.4) is 0 Å². The summed E-state index contributed by atoms with van der Waals surface area (Å²) in [5.74, 6) is 4.11. The highest BCUT2D eigenvalue weighted by molar-refractivity contribution is 5.81. The highest BCUT2D eigenvalue weighted by Crippen LogP contribution is 2.28. The minimum absolute atomic E-state index is 0.116. The van der Waals surface area contributed by atoms with Gasteiger partial charge in [0.1, 0.15) is 24.8 Å². The van der Waals surface area contributed by atoms with E-state index in [0.29, 0.717) is 43.1 Å².